The molecule has 350 valence electrons. The van der Waals surface area contributed by atoms with Crippen LogP contribution >= 0.6 is 0 Å². The second kappa shape index (κ2) is 18.3. The third-order valence-electron chi connectivity index (χ3n) is 14.9. The zero-order chi connectivity index (χ0) is 49.0. The van der Waals surface area contributed by atoms with Gasteiger partial charge in [0.05, 0.1) is 16.7 Å². The molecule has 0 N–H and O–H groups in total. The summed E-state index contributed by atoms with van der Waals surface area (Å²) in [7, 11) is 0. The molecule has 0 spiro atoms. The van der Waals surface area contributed by atoms with Crippen LogP contribution in [0.2, 0.25) is 0 Å². The summed E-state index contributed by atoms with van der Waals surface area (Å²) in [4.78, 5) is 16.5. The van der Waals surface area contributed by atoms with Crippen LogP contribution in [-0.2, 0) is 0 Å². The van der Waals surface area contributed by atoms with Gasteiger partial charge in [-0.15, -0.1) is 0 Å². The third-order valence-corrected chi connectivity index (χ3v) is 14.9. The van der Waals surface area contributed by atoms with Gasteiger partial charge in [-0.1, -0.05) is 206 Å². The van der Waals surface area contributed by atoms with Crippen LogP contribution in [0.5, 0.6) is 0 Å². The summed E-state index contributed by atoms with van der Waals surface area (Å²) in [6.45, 7) is 0. The van der Waals surface area contributed by atoms with Gasteiger partial charge < -0.3 is 8.98 Å². The Morgan fingerprint density at radius 3 is 1.68 bits per heavy atom. The minimum Gasteiger partial charge on any atom is -0.456 e. The van der Waals surface area contributed by atoms with Crippen LogP contribution in [0.25, 0.3) is 111 Å². The van der Waals surface area contributed by atoms with E-state index in [9.17, 15) is 0 Å². The average molecular weight is 949 g/mol. The molecule has 14 rings (SSSR count). The Morgan fingerprint density at radius 1 is 0.405 bits per heavy atom. The number of nitrogens with zero attached hydrogens (tertiary/aromatic N) is 4. The first kappa shape index (κ1) is 43.3. The van der Waals surface area contributed by atoms with Gasteiger partial charge in [-0.05, 0) is 94.3 Å². The van der Waals surface area contributed by atoms with Crippen molar-refractivity contribution in [1.82, 2.24) is 19.5 Å². The van der Waals surface area contributed by atoms with Crippen molar-refractivity contribution in [1.29, 1.82) is 0 Å². The van der Waals surface area contributed by atoms with Gasteiger partial charge in [0.25, 0.3) is 0 Å². The third kappa shape index (κ3) is 7.78. The van der Waals surface area contributed by atoms with Gasteiger partial charge in [0.15, 0.2) is 11.6 Å². The van der Waals surface area contributed by atoms with Gasteiger partial charge in [0, 0.05) is 61.7 Å². The zero-order valence-corrected chi connectivity index (χ0v) is 40.5. The first-order valence-corrected chi connectivity index (χ1v) is 25.5. The lowest BCUT2D eigenvalue weighted by atomic mass is 9.88. The molecule has 2 aliphatic carbocycles. The van der Waals surface area contributed by atoms with Crippen molar-refractivity contribution in [3.05, 3.63) is 272 Å². The van der Waals surface area contributed by atoms with Crippen molar-refractivity contribution in [2.45, 2.75) is 24.7 Å². The highest BCUT2D eigenvalue weighted by Crippen LogP contribution is 2.46. The van der Waals surface area contributed by atoms with Gasteiger partial charge >= 0.3 is 0 Å². The summed E-state index contributed by atoms with van der Waals surface area (Å²) >= 11 is 0. The van der Waals surface area contributed by atoms with Crippen LogP contribution in [0.15, 0.2) is 259 Å². The van der Waals surface area contributed by atoms with E-state index >= 15 is 0 Å². The maximum atomic E-state index is 6.62. The molecule has 74 heavy (non-hydrogen) atoms. The fraction of sp³-hybridized carbons (Fsp3) is 0.0580. The number of para-hydroxylation sites is 2. The van der Waals surface area contributed by atoms with Crippen LogP contribution in [0.1, 0.15) is 41.6 Å². The second-order valence-corrected chi connectivity index (χ2v) is 19.4. The number of fused-ring (bicyclic) bond motifs is 6. The molecule has 9 aromatic carbocycles. The van der Waals surface area contributed by atoms with Gasteiger partial charge in [-0.2, -0.15) is 0 Å². The van der Waals surface area contributed by atoms with Crippen LogP contribution in [0.3, 0.4) is 0 Å². The second-order valence-electron chi connectivity index (χ2n) is 19.4. The van der Waals surface area contributed by atoms with Crippen LogP contribution in [-0.4, -0.2) is 19.5 Å². The van der Waals surface area contributed by atoms with Gasteiger partial charge in [0.2, 0.25) is 0 Å². The quantitative estimate of drug-likeness (QED) is 0.145. The van der Waals surface area contributed by atoms with Crippen molar-refractivity contribution < 1.29 is 4.42 Å². The van der Waals surface area contributed by atoms with Crippen molar-refractivity contribution in [2.75, 3.05) is 0 Å². The molecule has 5 heteroatoms. The molecular formula is C69H48N4O. The Balaban J connectivity index is 1.03. The summed E-state index contributed by atoms with van der Waals surface area (Å²) in [5, 5.41) is 4.55. The Hall–Kier alpha value is -9.45. The molecule has 2 aliphatic rings. The van der Waals surface area contributed by atoms with E-state index in [1.54, 1.807) is 0 Å². The standard InChI is InChI=1S/C69H48N4O/c1-6-20-45(21-7-1)48-34-36-51(37-35-48)67-70-68(54-39-52(46-22-8-2-9-23-46)38-53(40-54)47-24-10-3-11-25-47)72-69(71-67)55-41-58(49-26-12-4-13-27-49)66(59(42-55)50-28-14-5-15-29-50)73-62-32-18-16-30-56(62)60-43-61-57-31-17-19-33-64(57)74-65(61)44-63(60)73/h1-24,26-36,38-44,47,51H,25,37H2. The lowest BCUT2D eigenvalue weighted by molar-refractivity contribution is 0.669. The van der Waals surface area contributed by atoms with Crippen LogP contribution in [0, 0.1) is 0 Å². The highest BCUT2D eigenvalue weighted by Gasteiger charge is 2.26. The normalized spacial score (nSPS) is 15.4. The largest absolute Gasteiger partial charge is 0.456 e. The molecule has 0 fully saturated rings. The van der Waals surface area contributed by atoms with E-state index < -0.39 is 0 Å². The van der Waals surface area contributed by atoms with E-state index in [0.717, 1.165) is 107 Å². The zero-order valence-electron chi connectivity index (χ0n) is 40.5. The predicted octanol–water partition coefficient (Wildman–Crippen LogP) is 17.9. The molecule has 0 saturated heterocycles. The summed E-state index contributed by atoms with van der Waals surface area (Å²) in [6.07, 6.45) is 17.4. The molecule has 3 aromatic heterocycles. The van der Waals surface area contributed by atoms with Crippen LogP contribution < -0.4 is 0 Å². The van der Waals surface area contributed by atoms with E-state index in [0.29, 0.717) is 11.6 Å². The number of benzene rings is 9. The molecule has 5 nitrogen and oxygen atoms in total. The van der Waals surface area contributed by atoms with E-state index in [-0.39, 0.29) is 11.8 Å². The first-order chi connectivity index (χ1) is 36.7. The maximum absolute atomic E-state index is 6.62. The Bertz CT molecular complexity index is 4180. The molecule has 12 aromatic rings. The van der Waals surface area contributed by atoms with Crippen molar-refractivity contribution in [2.24, 2.45) is 0 Å². The molecule has 2 unspecified atom stereocenters. The van der Waals surface area contributed by atoms with Crippen molar-refractivity contribution in [3.63, 3.8) is 0 Å². The number of furan rings is 1. The molecule has 0 radical (unpaired) electrons. The highest BCUT2D eigenvalue weighted by atomic mass is 16.3. The van der Waals surface area contributed by atoms with E-state index in [1.165, 1.54) is 22.1 Å². The predicted molar refractivity (Wildman–Crippen MR) is 305 cm³/mol. The minimum atomic E-state index is -0.0692. The summed E-state index contributed by atoms with van der Waals surface area (Å²) in [6, 6.07) is 75.9. The highest BCUT2D eigenvalue weighted by molar-refractivity contribution is 6.18. The molecule has 0 amide bonds. The van der Waals surface area contributed by atoms with E-state index in [4.69, 9.17) is 19.4 Å². The number of hydrogen-bond acceptors (Lipinski definition) is 4. The lowest BCUT2D eigenvalue weighted by Gasteiger charge is -2.22. The number of rotatable bonds is 9. The average Bonchev–Trinajstić information content (AvgIpc) is 4.06. The topological polar surface area (TPSA) is 56.7 Å². The Morgan fingerprint density at radius 2 is 1.01 bits per heavy atom. The van der Waals surface area contributed by atoms with E-state index in [1.807, 2.05) is 6.07 Å². The molecule has 0 bridgehead atoms. The van der Waals surface area contributed by atoms with Gasteiger partial charge in [-0.25, -0.2) is 15.0 Å². The molecule has 3 heterocycles. The SMILES string of the molecule is C1=CCC(c2cc(-c3ccccc3)cc(-c3nc(-c4cc(-c5ccccc5)c(-n5c6ccccc6c6cc7c(cc65)oc5ccccc57)c(-c5ccccc5)c4)nc(C4C=CC(c5ccccc5)=CC4)n3)c2)C=C1. The van der Waals surface area contributed by atoms with Gasteiger partial charge in [0.1, 0.15) is 17.0 Å². The molecular weight excluding hydrogens is 901 g/mol. The Kier molecular flexibility index (Phi) is 10.7. The number of allylic oxidation sites excluding steroid dienone is 8. The summed E-state index contributed by atoms with van der Waals surface area (Å²) in [5.74, 6) is 2.16. The summed E-state index contributed by atoms with van der Waals surface area (Å²) in [5.41, 5.74) is 17.0. The maximum Gasteiger partial charge on any atom is 0.163 e. The fourth-order valence-electron chi connectivity index (χ4n) is 11.2. The fourth-order valence-corrected chi connectivity index (χ4v) is 11.2. The number of aromatic nitrogens is 4. The van der Waals surface area contributed by atoms with Crippen LogP contribution in [0.4, 0.5) is 0 Å². The molecule has 2 atom stereocenters. The Labute approximate surface area is 429 Å². The van der Waals surface area contributed by atoms with Crippen molar-refractivity contribution >= 4 is 49.3 Å². The van der Waals surface area contributed by atoms with Gasteiger partial charge in [-0.3, -0.25) is 0 Å². The number of hydrogen-bond donors (Lipinski definition) is 0. The minimum absolute atomic E-state index is 0.0692. The monoisotopic (exact) mass is 948 g/mol. The van der Waals surface area contributed by atoms with E-state index in [2.05, 4.69) is 253 Å². The molecule has 0 saturated carbocycles. The summed E-state index contributed by atoms with van der Waals surface area (Å²) < 4.78 is 9.06. The lowest BCUT2D eigenvalue weighted by Crippen LogP contribution is -2.09. The van der Waals surface area contributed by atoms with Crippen molar-refractivity contribution in [3.8, 4) is 61.8 Å². The molecule has 0 aliphatic heterocycles. The smallest absolute Gasteiger partial charge is 0.163 e. The first-order valence-electron chi connectivity index (χ1n) is 25.5.